The Kier molecular flexibility index (Phi) is 6.18. The van der Waals surface area contributed by atoms with Crippen LogP contribution in [0.4, 0.5) is 0 Å². The summed E-state index contributed by atoms with van der Waals surface area (Å²) in [6.45, 7) is 7.40. The molecule has 0 radical (unpaired) electrons. The minimum Gasteiger partial charge on any atom is -0.350 e. The van der Waals surface area contributed by atoms with Crippen LogP contribution in [-0.2, 0) is 29.2 Å². The molecular formula is C18H24N6O3S. The highest BCUT2D eigenvalue weighted by Gasteiger charge is 2.27. The van der Waals surface area contributed by atoms with Gasteiger partial charge in [-0.15, -0.1) is 0 Å². The molecule has 1 aliphatic rings. The van der Waals surface area contributed by atoms with Crippen LogP contribution in [0.5, 0.6) is 0 Å². The SMILES string of the molecule is CCC(=O)NCc1cc2n(n1)CCN(C(=O)C(C)Sc1nc(C)cc(=O)[nH]1)C2. The Hall–Kier alpha value is -2.62. The van der Waals surface area contributed by atoms with Gasteiger partial charge in [0, 0.05) is 24.7 Å². The van der Waals surface area contributed by atoms with E-state index in [1.807, 2.05) is 17.7 Å². The van der Waals surface area contributed by atoms with E-state index in [1.165, 1.54) is 17.8 Å². The maximum atomic E-state index is 12.8. The van der Waals surface area contributed by atoms with Gasteiger partial charge in [-0.25, -0.2) is 4.98 Å². The molecule has 150 valence electrons. The van der Waals surface area contributed by atoms with Gasteiger partial charge < -0.3 is 15.2 Å². The van der Waals surface area contributed by atoms with Crippen LogP contribution in [0.25, 0.3) is 0 Å². The number of nitrogens with zero attached hydrogens (tertiary/aromatic N) is 4. The average molecular weight is 404 g/mol. The van der Waals surface area contributed by atoms with E-state index >= 15 is 0 Å². The number of aromatic nitrogens is 4. The van der Waals surface area contributed by atoms with Crippen molar-refractivity contribution in [3.8, 4) is 0 Å². The molecule has 3 rings (SSSR count). The quantitative estimate of drug-likeness (QED) is 0.545. The summed E-state index contributed by atoms with van der Waals surface area (Å²) in [6.07, 6.45) is 0.437. The highest BCUT2D eigenvalue weighted by Crippen LogP contribution is 2.22. The summed E-state index contributed by atoms with van der Waals surface area (Å²) in [7, 11) is 0. The molecule has 0 spiro atoms. The van der Waals surface area contributed by atoms with E-state index in [0.29, 0.717) is 43.5 Å². The number of nitrogens with one attached hydrogen (secondary N) is 2. The standard InChI is InChI=1S/C18H24N6O3S/c1-4-15(25)19-9-13-8-14-10-23(5-6-24(14)22-13)17(27)12(3)28-18-20-11(2)7-16(26)21-18/h7-8,12H,4-6,9-10H2,1-3H3,(H,19,25)(H,20,21,26). The van der Waals surface area contributed by atoms with Crippen LogP contribution < -0.4 is 10.9 Å². The molecule has 0 bridgehead atoms. The first-order valence-corrected chi connectivity index (χ1v) is 10.1. The lowest BCUT2D eigenvalue weighted by Crippen LogP contribution is -2.42. The monoisotopic (exact) mass is 404 g/mol. The Labute approximate surface area is 166 Å². The van der Waals surface area contributed by atoms with Gasteiger partial charge in [0.2, 0.25) is 11.8 Å². The summed E-state index contributed by atoms with van der Waals surface area (Å²) in [6, 6.07) is 3.34. The summed E-state index contributed by atoms with van der Waals surface area (Å²) in [4.78, 5) is 44.5. The Morgan fingerprint density at radius 3 is 2.86 bits per heavy atom. The number of carbonyl (C=O) groups is 2. The number of thioether (sulfide) groups is 1. The van der Waals surface area contributed by atoms with Crippen LogP contribution in [0.15, 0.2) is 22.1 Å². The first-order valence-electron chi connectivity index (χ1n) is 9.21. The molecule has 28 heavy (non-hydrogen) atoms. The molecule has 0 aliphatic carbocycles. The van der Waals surface area contributed by atoms with Crippen molar-refractivity contribution in [1.82, 2.24) is 30.0 Å². The van der Waals surface area contributed by atoms with Crippen LogP contribution in [0.1, 0.15) is 37.4 Å². The van der Waals surface area contributed by atoms with Gasteiger partial charge in [-0.2, -0.15) is 5.10 Å². The Morgan fingerprint density at radius 1 is 1.36 bits per heavy atom. The highest BCUT2D eigenvalue weighted by atomic mass is 32.2. The fraction of sp³-hybridized carbons (Fsp3) is 0.500. The maximum absolute atomic E-state index is 12.8. The van der Waals surface area contributed by atoms with Crippen molar-refractivity contribution in [2.24, 2.45) is 0 Å². The van der Waals surface area contributed by atoms with Gasteiger partial charge in [0.25, 0.3) is 5.56 Å². The van der Waals surface area contributed by atoms with E-state index in [2.05, 4.69) is 20.4 Å². The van der Waals surface area contributed by atoms with Gasteiger partial charge in [0.1, 0.15) is 0 Å². The van der Waals surface area contributed by atoms with Gasteiger partial charge >= 0.3 is 0 Å². The molecule has 2 aromatic heterocycles. The van der Waals surface area contributed by atoms with Crippen LogP contribution in [0.2, 0.25) is 0 Å². The number of carbonyl (C=O) groups excluding carboxylic acids is 2. The topological polar surface area (TPSA) is 113 Å². The second-order valence-electron chi connectivity index (χ2n) is 6.69. The van der Waals surface area contributed by atoms with Gasteiger partial charge in [-0.3, -0.25) is 19.1 Å². The van der Waals surface area contributed by atoms with Crippen LogP contribution in [0.3, 0.4) is 0 Å². The predicted molar refractivity (Wildman–Crippen MR) is 105 cm³/mol. The zero-order valence-electron chi connectivity index (χ0n) is 16.2. The minimum absolute atomic E-state index is 0.0116. The smallest absolute Gasteiger partial charge is 0.251 e. The number of fused-ring (bicyclic) bond motifs is 1. The van der Waals surface area contributed by atoms with Gasteiger partial charge in [-0.05, 0) is 19.9 Å². The van der Waals surface area contributed by atoms with E-state index in [-0.39, 0.29) is 22.6 Å². The van der Waals surface area contributed by atoms with E-state index in [9.17, 15) is 14.4 Å². The molecule has 1 unspecified atom stereocenters. The lowest BCUT2D eigenvalue weighted by atomic mass is 10.2. The molecule has 0 aromatic carbocycles. The molecule has 1 atom stereocenters. The van der Waals surface area contributed by atoms with Crippen molar-refractivity contribution >= 4 is 23.6 Å². The molecule has 0 saturated carbocycles. The van der Waals surface area contributed by atoms with Crippen LogP contribution in [-0.4, -0.2) is 48.3 Å². The fourth-order valence-electron chi connectivity index (χ4n) is 3.00. The third kappa shape index (κ3) is 4.80. The third-order valence-corrected chi connectivity index (χ3v) is 5.40. The normalized spacial score (nSPS) is 14.5. The van der Waals surface area contributed by atoms with Gasteiger partial charge in [0.05, 0.1) is 36.3 Å². The zero-order chi connectivity index (χ0) is 20.3. The van der Waals surface area contributed by atoms with Gasteiger partial charge in [-0.1, -0.05) is 18.7 Å². The van der Waals surface area contributed by atoms with Crippen molar-refractivity contribution in [1.29, 1.82) is 0 Å². The second-order valence-corrected chi connectivity index (χ2v) is 8.02. The molecule has 3 heterocycles. The molecule has 10 heteroatoms. The number of aromatic amines is 1. The molecule has 9 nitrogen and oxygen atoms in total. The minimum atomic E-state index is -0.372. The van der Waals surface area contributed by atoms with Crippen LogP contribution in [0, 0.1) is 6.92 Å². The molecule has 1 aliphatic heterocycles. The van der Waals surface area contributed by atoms with E-state index in [1.54, 1.807) is 18.7 Å². The summed E-state index contributed by atoms with van der Waals surface area (Å²) in [5.41, 5.74) is 2.13. The lowest BCUT2D eigenvalue weighted by molar-refractivity contribution is -0.131. The largest absolute Gasteiger partial charge is 0.350 e. The zero-order valence-corrected chi connectivity index (χ0v) is 17.0. The van der Waals surface area contributed by atoms with E-state index < -0.39 is 0 Å². The molecular weight excluding hydrogens is 380 g/mol. The van der Waals surface area contributed by atoms with Crippen molar-refractivity contribution in [3.63, 3.8) is 0 Å². The number of amides is 2. The fourth-order valence-corrected chi connectivity index (χ4v) is 3.94. The first-order chi connectivity index (χ1) is 13.4. The predicted octanol–water partition coefficient (Wildman–Crippen LogP) is 0.824. The first kappa shape index (κ1) is 20.1. The van der Waals surface area contributed by atoms with Crippen molar-refractivity contribution in [3.05, 3.63) is 39.6 Å². The number of H-pyrrole nitrogens is 1. The summed E-state index contributed by atoms with van der Waals surface area (Å²) in [5, 5.41) is 7.38. The summed E-state index contributed by atoms with van der Waals surface area (Å²) in [5.74, 6) is -0.0288. The Balaban J connectivity index is 1.62. The second kappa shape index (κ2) is 8.59. The highest BCUT2D eigenvalue weighted by molar-refractivity contribution is 8.00. The average Bonchev–Trinajstić information content (AvgIpc) is 3.06. The molecule has 2 amide bonds. The molecule has 2 N–H and O–H groups in total. The molecule has 0 saturated heterocycles. The van der Waals surface area contributed by atoms with Gasteiger partial charge in [0.15, 0.2) is 5.16 Å². The number of aryl methyl sites for hydroxylation is 1. The van der Waals surface area contributed by atoms with Crippen LogP contribution >= 0.6 is 11.8 Å². The lowest BCUT2D eigenvalue weighted by Gasteiger charge is -2.29. The molecule has 2 aromatic rings. The van der Waals surface area contributed by atoms with E-state index in [4.69, 9.17) is 0 Å². The number of hydrogen-bond donors (Lipinski definition) is 2. The molecule has 0 fully saturated rings. The Bertz CT molecular complexity index is 938. The Morgan fingerprint density at radius 2 is 2.14 bits per heavy atom. The third-order valence-electron chi connectivity index (χ3n) is 4.43. The maximum Gasteiger partial charge on any atom is 0.251 e. The number of rotatable bonds is 6. The van der Waals surface area contributed by atoms with Crippen molar-refractivity contribution in [2.75, 3.05) is 6.54 Å². The van der Waals surface area contributed by atoms with Crippen molar-refractivity contribution < 1.29 is 9.59 Å². The number of hydrogen-bond acceptors (Lipinski definition) is 6. The summed E-state index contributed by atoms with van der Waals surface area (Å²) >= 11 is 1.25. The van der Waals surface area contributed by atoms with E-state index in [0.717, 1.165) is 11.4 Å². The summed E-state index contributed by atoms with van der Waals surface area (Å²) < 4.78 is 1.88. The van der Waals surface area contributed by atoms with Crippen molar-refractivity contribution in [2.45, 2.75) is 57.2 Å².